The Morgan fingerprint density at radius 1 is 1.09 bits per heavy atom. The quantitative estimate of drug-likeness (QED) is 0.164. The first-order valence-electron chi connectivity index (χ1n) is 9.76. The molecule has 4 aromatic rings. The van der Waals surface area contributed by atoms with Crippen molar-refractivity contribution in [3.05, 3.63) is 98.2 Å². The van der Waals surface area contributed by atoms with Crippen LogP contribution in [0.3, 0.4) is 0 Å². The Bertz CT molecular complexity index is 1450. The number of ether oxygens (including phenoxy) is 1. The van der Waals surface area contributed by atoms with Crippen molar-refractivity contribution in [2.24, 2.45) is 5.10 Å². The van der Waals surface area contributed by atoms with Crippen molar-refractivity contribution in [2.75, 3.05) is 0 Å². The summed E-state index contributed by atoms with van der Waals surface area (Å²) in [7, 11) is 0. The van der Waals surface area contributed by atoms with E-state index in [-0.39, 0.29) is 17.3 Å². The van der Waals surface area contributed by atoms with Gasteiger partial charge in [0.25, 0.3) is 0 Å². The Labute approximate surface area is 203 Å². The molecule has 3 aromatic carbocycles. The number of nitro groups is 1. The number of amides is 1. The highest BCUT2D eigenvalue weighted by Gasteiger charge is 2.33. The number of nitro benzene ring substituents is 1. The van der Waals surface area contributed by atoms with Gasteiger partial charge in [0, 0.05) is 15.9 Å². The van der Waals surface area contributed by atoms with E-state index < -0.39 is 28.3 Å². The summed E-state index contributed by atoms with van der Waals surface area (Å²) < 4.78 is 50.2. The van der Waals surface area contributed by atoms with Gasteiger partial charge in [-0.25, -0.2) is 5.43 Å². The van der Waals surface area contributed by atoms with Gasteiger partial charge in [-0.3, -0.25) is 14.9 Å². The van der Waals surface area contributed by atoms with Gasteiger partial charge in [0.2, 0.25) is 5.75 Å². The summed E-state index contributed by atoms with van der Waals surface area (Å²) in [5, 5.41) is 15.8. The van der Waals surface area contributed by atoms with Crippen molar-refractivity contribution in [1.29, 1.82) is 0 Å². The van der Waals surface area contributed by atoms with Crippen molar-refractivity contribution in [2.45, 2.75) is 6.18 Å². The highest BCUT2D eigenvalue weighted by molar-refractivity contribution is 9.10. The van der Waals surface area contributed by atoms with Gasteiger partial charge in [0.1, 0.15) is 11.3 Å². The van der Waals surface area contributed by atoms with Crippen LogP contribution < -0.4 is 10.2 Å². The van der Waals surface area contributed by atoms with Gasteiger partial charge < -0.3 is 9.15 Å². The summed E-state index contributed by atoms with van der Waals surface area (Å²) >= 11 is 3.34. The number of carbonyl (C=O) groups is 1. The average molecular weight is 548 g/mol. The Morgan fingerprint density at radius 2 is 1.83 bits per heavy atom. The summed E-state index contributed by atoms with van der Waals surface area (Å²) in [6.45, 7) is 0. The molecular formula is C23H13BrF3N3O5. The third kappa shape index (κ3) is 5.66. The van der Waals surface area contributed by atoms with E-state index in [0.29, 0.717) is 23.3 Å². The summed E-state index contributed by atoms with van der Waals surface area (Å²) in [5.41, 5.74) is 1.47. The minimum Gasteiger partial charge on any atom is -0.451 e. The molecular weight excluding hydrogens is 535 g/mol. The molecule has 0 unspecified atom stereocenters. The molecule has 35 heavy (non-hydrogen) atoms. The lowest BCUT2D eigenvalue weighted by molar-refractivity contribution is -0.385. The van der Waals surface area contributed by atoms with E-state index in [2.05, 4.69) is 26.5 Å². The topological polar surface area (TPSA) is 107 Å². The predicted molar refractivity (Wildman–Crippen MR) is 124 cm³/mol. The van der Waals surface area contributed by atoms with E-state index in [1.54, 1.807) is 30.3 Å². The number of furan rings is 1. The second-order valence-electron chi connectivity index (χ2n) is 7.10. The van der Waals surface area contributed by atoms with Crippen molar-refractivity contribution in [3.63, 3.8) is 0 Å². The number of nitrogens with one attached hydrogen (secondary N) is 1. The third-order valence-electron chi connectivity index (χ3n) is 4.67. The van der Waals surface area contributed by atoms with Crippen LogP contribution in [0.25, 0.3) is 11.0 Å². The summed E-state index contributed by atoms with van der Waals surface area (Å²) in [4.78, 5) is 22.5. The van der Waals surface area contributed by atoms with Crippen molar-refractivity contribution in [3.8, 4) is 11.5 Å². The molecule has 0 atom stereocenters. The number of rotatable bonds is 6. The standard InChI is InChI=1S/C23H13BrF3N3O5/c24-16-4-8-19-14(9-16)10-21(35-19)22(31)29-28-12-13-1-5-17(6-2-13)34-20-7-3-15(23(25,26)27)11-18(20)30(32)33/h1-12H,(H,29,31)/b28-12+. The fourth-order valence-electron chi connectivity index (χ4n) is 3.02. The number of alkyl halides is 3. The largest absolute Gasteiger partial charge is 0.451 e. The van der Waals surface area contributed by atoms with Crippen LogP contribution in [0.4, 0.5) is 18.9 Å². The molecule has 0 spiro atoms. The summed E-state index contributed by atoms with van der Waals surface area (Å²) in [5.74, 6) is -0.655. The molecule has 4 rings (SSSR count). The second kappa shape index (κ2) is 9.58. The lowest BCUT2D eigenvalue weighted by atomic mass is 10.2. The number of halogens is 4. The normalized spacial score (nSPS) is 11.7. The SMILES string of the molecule is O=C(N/N=C/c1ccc(Oc2ccc(C(F)(F)F)cc2[N+](=O)[O-])cc1)c1cc2cc(Br)ccc2o1. The van der Waals surface area contributed by atoms with Crippen molar-refractivity contribution in [1.82, 2.24) is 5.43 Å². The van der Waals surface area contributed by atoms with E-state index in [1.807, 2.05) is 6.07 Å². The number of hydrogen-bond donors (Lipinski definition) is 1. The fraction of sp³-hybridized carbons (Fsp3) is 0.0435. The fourth-order valence-corrected chi connectivity index (χ4v) is 3.40. The van der Waals surface area contributed by atoms with Gasteiger partial charge in [-0.1, -0.05) is 15.9 Å². The maximum atomic E-state index is 12.8. The molecule has 0 radical (unpaired) electrons. The second-order valence-corrected chi connectivity index (χ2v) is 8.02. The number of benzene rings is 3. The van der Waals surface area contributed by atoms with Crippen molar-refractivity contribution < 1.29 is 32.0 Å². The molecule has 1 amide bonds. The molecule has 1 aromatic heterocycles. The zero-order valence-corrected chi connectivity index (χ0v) is 19.0. The number of carbonyl (C=O) groups excluding carboxylic acids is 1. The highest BCUT2D eigenvalue weighted by atomic mass is 79.9. The maximum absolute atomic E-state index is 12.8. The molecule has 1 N–H and O–H groups in total. The molecule has 0 saturated carbocycles. The predicted octanol–water partition coefficient (Wildman–Crippen LogP) is 6.68. The molecule has 0 aliphatic rings. The lowest BCUT2D eigenvalue weighted by Gasteiger charge is -2.10. The first-order chi connectivity index (χ1) is 16.6. The Kier molecular flexibility index (Phi) is 6.56. The summed E-state index contributed by atoms with van der Waals surface area (Å²) in [6.07, 6.45) is -3.37. The number of nitrogens with zero attached hydrogens (tertiary/aromatic N) is 2. The maximum Gasteiger partial charge on any atom is 0.416 e. The minimum atomic E-state index is -4.72. The van der Waals surface area contributed by atoms with E-state index in [0.717, 1.165) is 15.9 Å². The van der Waals surface area contributed by atoms with Gasteiger partial charge in [-0.2, -0.15) is 18.3 Å². The molecule has 8 nitrogen and oxygen atoms in total. The molecule has 0 aliphatic carbocycles. The van der Waals surface area contributed by atoms with E-state index in [9.17, 15) is 28.1 Å². The van der Waals surface area contributed by atoms with Gasteiger partial charge in [-0.05, 0) is 66.2 Å². The van der Waals surface area contributed by atoms with Crippen LogP contribution in [0.15, 0.2) is 80.7 Å². The van der Waals surface area contributed by atoms with Gasteiger partial charge in [0.05, 0.1) is 16.7 Å². The first kappa shape index (κ1) is 24.0. The summed E-state index contributed by atoms with van der Waals surface area (Å²) in [6, 6.07) is 14.9. The van der Waals surface area contributed by atoms with Gasteiger partial charge in [-0.15, -0.1) is 0 Å². The molecule has 178 valence electrons. The van der Waals surface area contributed by atoms with Crippen LogP contribution in [-0.4, -0.2) is 17.0 Å². The smallest absolute Gasteiger partial charge is 0.416 e. The van der Waals surface area contributed by atoms with E-state index in [1.165, 1.54) is 18.3 Å². The number of fused-ring (bicyclic) bond motifs is 1. The van der Waals surface area contributed by atoms with Crippen molar-refractivity contribution >= 4 is 44.7 Å². The number of hydrazone groups is 1. The minimum absolute atomic E-state index is 0.0807. The highest BCUT2D eigenvalue weighted by Crippen LogP contribution is 2.37. The molecule has 12 heteroatoms. The zero-order valence-electron chi connectivity index (χ0n) is 17.4. The zero-order chi connectivity index (χ0) is 25.2. The third-order valence-corrected chi connectivity index (χ3v) is 5.17. The molecule has 0 aliphatic heterocycles. The molecule has 1 heterocycles. The molecule has 0 saturated heterocycles. The van der Waals surface area contributed by atoms with Crippen LogP contribution in [0, 0.1) is 10.1 Å². The average Bonchev–Trinajstić information content (AvgIpc) is 3.23. The monoisotopic (exact) mass is 547 g/mol. The Balaban J connectivity index is 1.41. The van der Waals surface area contributed by atoms with Crippen LogP contribution in [-0.2, 0) is 6.18 Å². The molecule has 0 fully saturated rings. The van der Waals surface area contributed by atoms with E-state index in [4.69, 9.17) is 9.15 Å². The Hall–Kier alpha value is -4.19. The first-order valence-corrected chi connectivity index (χ1v) is 10.6. The molecule has 0 bridgehead atoms. The van der Waals surface area contributed by atoms with Crippen LogP contribution in [0.1, 0.15) is 21.7 Å². The van der Waals surface area contributed by atoms with Gasteiger partial charge >= 0.3 is 17.8 Å². The number of hydrogen-bond acceptors (Lipinski definition) is 6. The lowest BCUT2D eigenvalue weighted by Crippen LogP contribution is -2.16. The van der Waals surface area contributed by atoms with Gasteiger partial charge in [0.15, 0.2) is 5.76 Å². The van der Waals surface area contributed by atoms with Crippen LogP contribution in [0.5, 0.6) is 11.5 Å². The Morgan fingerprint density at radius 3 is 2.51 bits per heavy atom. The van der Waals surface area contributed by atoms with E-state index >= 15 is 0 Å². The van der Waals surface area contributed by atoms with Crippen LogP contribution in [0.2, 0.25) is 0 Å². The van der Waals surface area contributed by atoms with Crippen LogP contribution >= 0.6 is 15.9 Å².